The number of benzene rings is 1. The molecule has 2 bridgehead atoms. The van der Waals surface area contributed by atoms with Crippen LogP contribution in [0.5, 0.6) is 5.75 Å². The average molecular weight is 384 g/mol. The Hall–Kier alpha value is -3.13. The monoisotopic (exact) mass is 384 g/mol. The first-order chi connectivity index (χ1) is 13.5. The van der Waals surface area contributed by atoms with Crippen LogP contribution in [0.1, 0.15) is 29.0 Å². The fourth-order valence-electron chi connectivity index (χ4n) is 2.92. The molecule has 8 heteroatoms. The Kier molecular flexibility index (Phi) is 6.10. The molecule has 1 atom stereocenters. The van der Waals surface area contributed by atoms with E-state index in [0.29, 0.717) is 42.3 Å². The van der Waals surface area contributed by atoms with Gasteiger partial charge in [0, 0.05) is 13.1 Å². The number of aromatic nitrogens is 2. The molecule has 1 aromatic heterocycles. The fraction of sp³-hybridized carbons (Fsp3) is 0.350. The Labute approximate surface area is 163 Å². The third-order valence-electron chi connectivity index (χ3n) is 4.41. The maximum atomic E-state index is 13.0. The van der Waals surface area contributed by atoms with E-state index in [1.54, 1.807) is 10.7 Å². The number of nitrogens with zero attached hydrogens (tertiary/aromatic N) is 3. The predicted octanol–water partition coefficient (Wildman–Crippen LogP) is 2.03. The average Bonchev–Trinajstić information content (AvgIpc) is 3.10. The minimum absolute atomic E-state index is 0.339. The molecule has 8 nitrogen and oxygen atoms in total. The first-order valence-electron chi connectivity index (χ1n) is 9.07. The molecule has 0 radical (unpaired) electrons. The maximum absolute atomic E-state index is 13.0. The summed E-state index contributed by atoms with van der Waals surface area (Å²) in [5, 5.41) is 8.35. The largest absolute Gasteiger partial charge is 0.493 e. The Balaban J connectivity index is 1.99. The van der Waals surface area contributed by atoms with Gasteiger partial charge in [-0.15, -0.1) is 0 Å². The van der Waals surface area contributed by atoms with Gasteiger partial charge in [0.05, 0.1) is 25.1 Å². The van der Waals surface area contributed by atoms with Gasteiger partial charge in [0.25, 0.3) is 11.8 Å². The maximum Gasteiger partial charge on any atom is 0.270 e. The summed E-state index contributed by atoms with van der Waals surface area (Å²) in [7, 11) is 2.92. The Morgan fingerprint density at radius 2 is 2.18 bits per heavy atom. The zero-order valence-electron chi connectivity index (χ0n) is 16.2. The summed E-state index contributed by atoms with van der Waals surface area (Å²) >= 11 is 0. The van der Waals surface area contributed by atoms with E-state index < -0.39 is 6.04 Å². The van der Waals surface area contributed by atoms with Crippen LogP contribution in [0.3, 0.4) is 0 Å². The van der Waals surface area contributed by atoms with Crippen LogP contribution < -0.4 is 10.1 Å². The fourth-order valence-corrected chi connectivity index (χ4v) is 2.92. The minimum atomic E-state index is -0.757. The van der Waals surface area contributed by atoms with Crippen molar-refractivity contribution in [2.75, 3.05) is 20.8 Å². The number of amides is 2. The second kappa shape index (κ2) is 8.71. The van der Waals surface area contributed by atoms with Gasteiger partial charge < -0.3 is 10.1 Å². The van der Waals surface area contributed by atoms with Crippen molar-refractivity contribution in [1.29, 1.82) is 0 Å². The summed E-state index contributed by atoms with van der Waals surface area (Å²) in [6.45, 7) is 2.32. The van der Waals surface area contributed by atoms with Gasteiger partial charge in [0.1, 0.15) is 17.5 Å². The Bertz CT molecular complexity index is 890. The summed E-state index contributed by atoms with van der Waals surface area (Å²) in [4.78, 5) is 30.5. The van der Waals surface area contributed by atoms with Crippen molar-refractivity contribution in [2.45, 2.75) is 25.8 Å². The van der Waals surface area contributed by atoms with Crippen molar-refractivity contribution in [3.8, 4) is 11.4 Å². The second-order valence-electron chi connectivity index (χ2n) is 6.47. The van der Waals surface area contributed by atoms with Gasteiger partial charge in [-0.3, -0.25) is 14.4 Å². The van der Waals surface area contributed by atoms with Crippen LogP contribution in [0, 0.1) is 6.92 Å². The van der Waals surface area contributed by atoms with Gasteiger partial charge in [-0.1, -0.05) is 18.2 Å². The third-order valence-corrected chi connectivity index (χ3v) is 4.41. The lowest BCUT2D eigenvalue weighted by Gasteiger charge is -2.22. The summed E-state index contributed by atoms with van der Waals surface area (Å²) in [5.41, 5.74) is 1.74. The van der Waals surface area contributed by atoms with Crippen LogP contribution in [0.4, 0.5) is 0 Å². The highest BCUT2D eigenvalue weighted by molar-refractivity contribution is 5.96. The van der Waals surface area contributed by atoms with Crippen LogP contribution >= 0.6 is 0 Å². The normalized spacial score (nSPS) is 17.1. The number of likely N-dealkylation sites (N-methyl/N-ethyl adjacent to an activating group) is 1. The summed E-state index contributed by atoms with van der Waals surface area (Å²) < 4.78 is 7.34. The topological polar surface area (TPSA) is 85.7 Å². The number of aryl methyl sites for hydroxylation is 1. The molecule has 0 spiro atoms. The van der Waals surface area contributed by atoms with Gasteiger partial charge in [0.2, 0.25) is 0 Å². The highest BCUT2D eigenvalue weighted by atomic mass is 16.7. The van der Waals surface area contributed by atoms with Crippen LogP contribution in [0.15, 0.2) is 42.5 Å². The van der Waals surface area contributed by atoms with Gasteiger partial charge in [-0.05, 0) is 38.0 Å². The molecule has 28 heavy (non-hydrogen) atoms. The molecule has 2 aromatic rings. The van der Waals surface area contributed by atoms with Crippen molar-refractivity contribution in [3.63, 3.8) is 0 Å². The van der Waals surface area contributed by atoms with E-state index >= 15 is 0 Å². The quantitative estimate of drug-likeness (QED) is 0.633. The van der Waals surface area contributed by atoms with E-state index in [1.165, 1.54) is 14.2 Å². The number of carbonyl (C=O) groups is 2. The first-order valence-corrected chi connectivity index (χ1v) is 9.07. The lowest BCUT2D eigenvalue weighted by atomic mass is 10.1. The van der Waals surface area contributed by atoms with Gasteiger partial charge in [0.15, 0.2) is 0 Å². The highest BCUT2D eigenvalue weighted by Gasteiger charge is 2.26. The molecule has 0 unspecified atom stereocenters. The molecular formula is C20H24N4O4. The molecule has 3 rings (SSSR count). The van der Waals surface area contributed by atoms with E-state index in [1.807, 2.05) is 43.3 Å². The number of hydrogen-bond donors (Lipinski definition) is 1. The number of hydrogen-bond acceptors (Lipinski definition) is 5. The number of rotatable bonds is 2. The molecule has 1 N–H and O–H groups in total. The Morgan fingerprint density at radius 3 is 2.96 bits per heavy atom. The van der Waals surface area contributed by atoms with Crippen molar-refractivity contribution in [2.24, 2.45) is 0 Å². The Morgan fingerprint density at radius 1 is 1.36 bits per heavy atom. The molecule has 0 saturated heterocycles. The smallest absolute Gasteiger partial charge is 0.270 e. The number of carbonyl (C=O) groups excluding carboxylic acids is 2. The second-order valence-corrected chi connectivity index (χ2v) is 6.47. The van der Waals surface area contributed by atoms with Crippen molar-refractivity contribution in [3.05, 3.63) is 53.9 Å². The number of fused-ring (bicyclic) bond motifs is 4. The van der Waals surface area contributed by atoms with Crippen molar-refractivity contribution >= 4 is 11.8 Å². The molecule has 1 aliphatic heterocycles. The number of nitrogens with one attached hydrogen (secondary N) is 1. The van der Waals surface area contributed by atoms with Gasteiger partial charge >= 0.3 is 0 Å². The molecule has 148 valence electrons. The van der Waals surface area contributed by atoms with E-state index in [9.17, 15) is 9.59 Å². The van der Waals surface area contributed by atoms with Crippen molar-refractivity contribution in [1.82, 2.24) is 20.2 Å². The molecule has 0 aliphatic carbocycles. The zero-order valence-corrected chi connectivity index (χ0v) is 16.2. The van der Waals surface area contributed by atoms with E-state index in [-0.39, 0.29) is 11.8 Å². The third kappa shape index (κ3) is 4.40. The van der Waals surface area contributed by atoms with E-state index in [2.05, 4.69) is 10.4 Å². The lowest BCUT2D eigenvalue weighted by molar-refractivity contribution is -0.170. The van der Waals surface area contributed by atoms with Crippen LogP contribution in [0.2, 0.25) is 0 Å². The molecule has 2 amide bonds. The minimum Gasteiger partial charge on any atom is -0.493 e. The summed E-state index contributed by atoms with van der Waals surface area (Å²) in [6.07, 6.45) is 4.83. The van der Waals surface area contributed by atoms with Crippen LogP contribution in [0.25, 0.3) is 5.69 Å². The lowest BCUT2D eigenvalue weighted by Crippen LogP contribution is -2.47. The summed E-state index contributed by atoms with van der Waals surface area (Å²) in [5.74, 6) is -0.0221. The standard InChI is InChI=1S/C20H24N4O4/c1-14-12-18-19(25)21-17(20(26)23(2)27-3)10-5-4-6-11-28-16-9-7-8-15(13-16)24(18)22-14/h4-5,7-9,12-13,17H,6,10-11H2,1-3H3,(H,21,25)/t17-/m0/s1. The van der Waals surface area contributed by atoms with Gasteiger partial charge in [-0.25, -0.2) is 9.75 Å². The molecule has 0 saturated carbocycles. The van der Waals surface area contributed by atoms with Crippen LogP contribution in [-0.4, -0.2) is 53.5 Å². The SMILES string of the molecule is CON(C)C(=O)[C@@H]1CC=CCCOc2cccc(c2)-n2nc(C)cc2C(=O)N1. The van der Waals surface area contributed by atoms with Gasteiger partial charge in [-0.2, -0.15) is 5.10 Å². The highest BCUT2D eigenvalue weighted by Crippen LogP contribution is 2.20. The predicted molar refractivity (Wildman–Crippen MR) is 103 cm³/mol. The number of hydroxylamine groups is 2. The molecule has 1 aromatic carbocycles. The van der Waals surface area contributed by atoms with Crippen LogP contribution in [-0.2, 0) is 9.63 Å². The van der Waals surface area contributed by atoms with E-state index in [4.69, 9.17) is 9.57 Å². The number of ether oxygens (including phenoxy) is 1. The molecule has 2 heterocycles. The van der Waals surface area contributed by atoms with Crippen molar-refractivity contribution < 1.29 is 19.2 Å². The molecular weight excluding hydrogens is 360 g/mol. The zero-order chi connectivity index (χ0) is 20.1. The van der Waals surface area contributed by atoms with E-state index in [0.717, 1.165) is 5.06 Å². The molecule has 1 aliphatic rings. The summed E-state index contributed by atoms with van der Waals surface area (Å²) in [6, 6.07) is 8.33. The molecule has 0 fully saturated rings. The first kappa shape index (κ1) is 19.6.